The Labute approximate surface area is 114 Å². The first kappa shape index (κ1) is 13.9. The SMILES string of the molecule is CC1CNCC(CCO)N(c2ccc(C#N)cc2)C1. The van der Waals surface area contributed by atoms with Crippen LogP contribution in [0.3, 0.4) is 0 Å². The van der Waals surface area contributed by atoms with Crippen molar-refractivity contribution in [1.29, 1.82) is 5.26 Å². The van der Waals surface area contributed by atoms with Crippen LogP contribution in [0.5, 0.6) is 0 Å². The molecule has 0 bridgehead atoms. The minimum Gasteiger partial charge on any atom is -0.396 e. The van der Waals surface area contributed by atoms with E-state index < -0.39 is 0 Å². The van der Waals surface area contributed by atoms with Crippen molar-refractivity contribution in [3.63, 3.8) is 0 Å². The zero-order valence-electron chi connectivity index (χ0n) is 11.3. The number of aliphatic hydroxyl groups is 1. The third-order valence-corrected chi connectivity index (χ3v) is 3.61. The molecule has 1 saturated heterocycles. The van der Waals surface area contributed by atoms with Gasteiger partial charge in [0.05, 0.1) is 11.6 Å². The van der Waals surface area contributed by atoms with E-state index in [1.807, 2.05) is 24.3 Å². The lowest BCUT2D eigenvalue weighted by atomic mass is 10.1. The molecule has 0 aromatic heterocycles. The van der Waals surface area contributed by atoms with Gasteiger partial charge in [-0.05, 0) is 43.1 Å². The van der Waals surface area contributed by atoms with Gasteiger partial charge in [-0.25, -0.2) is 0 Å². The van der Waals surface area contributed by atoms with Crippen molar-refractivity contribution in [2.24, 2.45) is 5.92 Å². The fraction of sp³-hybridized carbons (Fsp3) is 0.533. The minimum absolute atomic E-state index is 0.202. The van der Waals surface area contributed by atoms with Gasteiger partial charge in [-0.1, -0.05) is 6.92 Å². The lowest BCUT2D eigenvalue weighted by Gasteiger charge is -2.32. The van der Waals surface area contributed by atoms with E-state index in [1.165, 1.54) is 0 Å². The van der Waals surface area contributed by atoms with Crippen molar-refractivity contribution in [2.45, 2.75) is 19.4 Å². The first-order valence-electron chi connectivity index (χ1n) is 6.83. The number of anilines is 1. The first-order chi connectivity index (χ1) is 9.24. The van der Waals surface area contributed by atoms with Gasteiger partial charge < -0.3 is 15.3 Å². The molecule has 4 nitrogen and oxygen atoms in total. The maximum Gasteiger partial charge on any atom is 0.0991 e. The van der Waals surface area contributed by atoms with E-state index in [0.29, 0.717) is 17.5 Å². The lowest BCUT2D eigenvalue weighted by molar-refractivity contribution is 0.272. The van der Waals surface area contributed by atoms with E-state index >= 15 is 0 Å². The topological polar surface area (TPSA) is 59.3 Å². The quantitative estimate of drug-likeness (QED) is 0.860. The fourth-order valence-corrected chi connectivity index (χ4v) is 2.61. The Hall–Kier alpha value is -1.57. The molecular weight excluding hydrogens is 238 g/mol. The molecule has 2 N–H and O–H groups in total. The van der Waals surface area contributed by atoms with Crippen LogP contribution in [-0.2, 0) is 0 Å². The summed E-state index contributed by atoms with van der Waals surface area (Å²) in [5.41, 5.74) is 1.82. The Kier molecular flexibility index (Phi) is 4.78. The molecule has 1 aromatic carbocycles. The fourth-order valence-electron chi connectivity index (χ4n) is 2.61. The summed E-state index contributed by atoms with van der Waals surface area (Å²) in [7, 11) is 0. The number of hydrogen-bond donors (Lipinski definition) is 2. The van der Waals surface area contributed by atoms with Gasteiger partial charge in [-0.15, -0.1) is 0 Å². The van der Waals surface area contributed by atoms with Crippen LogP contribution in [0.25, 0.3) is 0 Å². The highest BCUT2D eigenvalue weighted by molar-refractivity contribution is 5.50. The maximum atomic E-state index is 9.23. The summed E-state index contributed by atoms with van der Waals surface area (Å²) in [4.78, 5) is 2.35. The highest BCUT2D eigenvalue weighted by atomic mass is 16.3. The number of hydrogen-bond acceptors (Lipinski definition) is 4. The molecule has 1 aliphatic heterocycles. The van der Waals surface area contributed by atoms with E-state index in [0.717, 1.165) is 31.7 Å². The molecule has 1 fully saturated rings. The van der Waals surface area contributed by atoms with E-state index in [4.69, 9.17) is 5.26 Å². The molecule has 1 aliphatic rings. The average Bonchev–Trinajstić information content (AvgIpc) is 2.61. The van der Waals surface area contributed by atoms with Crippen molar-refractivity contribution in [3.8, 4) is 6.07 Å². The van der Waals surface area contributed by atoms with E-state index in [2.05, 4.69) is 23.2 Å². The number of nitriles is 1. The van der Waals surface area contributed by atoms with Crippen LogP contribution in [0.1, 0.15) is 18.9 Å². The normalized spacial score (nSPS) is 23.7. The van der Waals surface area contributed by atoms with Gasteiger partial charge in [0.15, 0.2) is 0 Å². The molecule has 4 heteroatoms. The Bertz CT molecular complexity index is 438. The molecule has 0 radical (unpaired) electrons. The predicted molar refractivity (Wildman–Crippen MR) is 76.0 cm³/mol. The van der Waals surface area contributed by atoms with Crippen molar-refractivity contribution in [2.75, 3.05) is 31.1 Å². The number of rotatable bonds is 3. The largest absolute Gasteiger partial charge is 0.396 e. The van der Waals surface area contributed by atoms with Crippen LogP contribution < -0.4 is 10.2 Å². The summed E-state index contributed by atoms with van der Waals surface area (Å²) >= 11 is 0. The van der Waals surface area contributed by atoms with Crippen LogP contribution in [0.2, 0.25) is 0 Å². The van der Waals surface area contributed by atoms with E-state index in [-0.39, 0.29) is 6.61 Å². The van der Waals surface area contributed by atoms with Gasteiger partial charge in [0.2, 0.25) is 0 Å². The van der Waals surface area contributed by atoms with Crippen molar-refractivity contribution >= 4 is 5.69 Å². The van der Waals surface area contributed by atoms with Crippen molar-refractivity contribution < 1.29 is 5.11 Å². The molecule has 2 unspecified atom stereocenters. The number of nitrogens with zero attached hydrogens (tertiary/aromatic N) is 2. The van der Waals surface area contributed by atoms with Gasteiger partial charge in [0.25, 0.3) is 0 Å². The predicted octanol–water partition coefficient (Wildman–Crippen LogP) is 1.35. The number of nitrogens with one attached hydrogen (secondary N) is 1. The molecular formula is C15H21N3O. The molecule has 2 atom stereocenters. The van der Waals surface area contributed by atoms with Gasteiger partial charge in [0, 0.05) is 31.4 Å². The van der Waals surface area contributed by atoms with E-state index in [1.54, 1.807) is 0 Å². The second-order valence-corrected chi connectivity index (χ2v) is 5.24. The molecule has 0 amide bonds. The Morgan fingerprint density at radius 2 is 2.11 bits per heavy atom. The summed E-state index contributed by atoms with van der Waals surface area (Å²) in [6, 6.07) is 10.2. The molecule has 1 aromatic rings. The highest BCUT2D eigenvalue weighted by Gasteiger charge is 2.23. The van der Waals surface area contributed by atoms with Gasteiger partial charge in [-0.3, -0.25) is 0 Å². The molecule has 19 heavy (non-hydrogen) atoms. The molecule has 0 saturated carbocycles. The summed E-state index contributed by atoms with van der Waals surface area (Å²) in [6.45, 7) is 5.31. The van der Waals surface area contributed by atoms with Crippen molar-refractivity contribution in [1.82, 2.24) is 5.32 Å². The second-order valence-electron chi connectivity index (χ2n) is 5.24. The standard InChI is InChI=1S/C15H21N3O/c1-12-9-17-10-15(6-7-19)18(11-12)14-4-2-13(8-16)3-5-14/h2-5,12,15,17,19H,6-7,9-11H2,1H3. The third kappa shape index (κ3) is 3.46. The minimum atomic E-state index is 0.202. The highest BCUT2D eigenvalue weighted by Crippen LogP contribution is 2.22. The van der Waals surface area contributed by atoms with Gasteiger partial charge >= 0.3 is 0 Å². The summed E-state index contributed by atoms with van der Waals surface area (Å²) < 4.78 is 0. The van der Waals surface area contributed by atoms with Crippen LogP contribution in [0.4, 0.5) is 5.69 Å². The van der Waals surface area contributed by atoms with Gasteiger partial charge in [-0.2, -0.15) is 5.26 Å². The number of benzene rings is 1. The molecule has 102 valence electrons. The monoisotopic (exact) mass is 259 g/mol. The third-order valence-electron chi connectivity index (χ3n) is 3.61. The Balaban J connectivity index is 2.22. The molecule has 0 spiro atoms. The average molecular weight is 259 g/mol. The zero-order chi connectivity index (χ0) is 13.7. The van der Waals surface area contributed by atoms with Crippen LogP contribution >= 0.6 is 0 Å². The zero-order valence-corrected chi connectivity index (χ0v) is 11.3. The second kappa shape index (κ2) is 6.55. The smallest absolute Gasteiger partial charge is 0.0991 e. The summed E-state index contributed by atoms with van der Waals surface area (Å²) in [6.07, 6.45) is 0.764. The Morgan fingerprint density at radius 1 is 1.37 bits per heavy atom. The maximum absolute atomic E-state index is 9.23. The molecule has 0 aliphatic carbocycles. The molecule has 1 heterocycles. The first-order valence-corrected chi connectivity index (χ1v) is 6.83. The Morgan fingerprint density at radius 3 is 2.74 bits per heavy atom. The molecule has 2 rings (SSSR count). The van der Waals surface area contributed by atoms with Crippen LogP contribution in [-0.4, -0.2) is 37.4 Å². The van der Waals surface area contributed by atoms with E-state index in [9.17, 15) is 5.11 Å². The van der Waals surface area contributed by atoms with Crippen LogP contribution in [0.15, 0.2) is 24.3 Å². The summed E-state index contributed by atoms with van der Waals surface area (Å²) in [5.74, 6) is 0.569. The summed E-state index contributed by atoms with van der Waals surface area (Å²) in [5, 5.41) is 21.5. The van der Waals surface area contributed by atoms with Gasteiger partial charge in [0.1, 0.15) is 0 Å². The lowest BCUT2D eigenvalue weighted by Crippen LogP contribution is -2.41. The number of aliphatic hydroxyl groups excluding tert-OH is 1. The van der Waals surface area contributed by atoms with Crippen LogP contribution in [0, 0.1) is 17.2 Å². The van der Waals surface area contributed by atoms with Crippen molar-refractivity contribution in [3.05, 3.63) is 29.8 Å².